The van der Waals surface area contributed by atoms with E-state index in [4.69, 9.17) is 4.74 Å². The Labute approximate surface area is 118 Å². The fraction of sp³-hybridized carbons (Fsp3) is 0.692. The molecule has 0 unspecified atom stereocenters. The summed E-state index contributed by atoms with van der Waals surface area (Å²) in [6.07, 6.45) is 3.16. The smallest absolute Gasteiger partial charge is 0.216 e. The Kier molecular flexibility index (Phi) is 6.03. The highest BCUT2D eigenvalue weighted by Crippen LogP contribution is 2.15. The maximum absolute atomic E-state index is 11.9. The lowest BCUT2D eigenvalue weighted by Crippen LogP contribution is -2.43. The number of rotatable bonds is 6. The molecule has 1 aromatic heterocycles. The van der Waals surface area contributed by atoms with Crippen LogP contribution in [0.5, 0.6) is 5.88 Å². The first kappa shape index (κ1) is 16.2. The standard InChI is InChI=1S/C13H23N3O2S/c1-10(16-19(17)13(2,3)4)6-7-11-8-12(18-5)15-9-14-11/h8-10,16H,6-7H2,1-5H3/t10-,19+/m1/s1. The van der Waals surface area contributed by atoms with Crippen LogP contribution < -0.4 is 9.46 Å². The first-order chi connectivity index (χ1) is 8.82. The van der Waals surface area contributed by atoms with Crippen molar-refractivity contribution in [2.24, 2.45) is 0 Å². The van der Waals surface area contributed by atoms with Crippen molar-refractivity contribution in [1.82, 2.24) is 14.7 Å². The van der Waals surface area contributed by atoms with Crippen LogP contribution in [0.2, 0.25) is 0 Å². The summed E-state index contributed by atoms with van der Waals surface area (Å²) in [5, 5.41) is 0. The molecule has 0 saturated carbocycles. The highest BCUT2D eigenvalue weighted by Gasteiger charge is 2.27. The van der Waals surface area contributed by atoms with Crippen molar-refractivity contribution < 1.29 is 9.29 Å². The van der Waals surface area contributed by atoms with Gasteiger partial charge in [-0.05, 0) is 40.5 Å². The van der Waals surface area contributed by atoms with Gasteiger partial charge in [-0.3, -0.25) is 0 Å². The van der Waals surface area contributed by atoms with Gasteiger partial charge in [0, 0.05) is 23.1 Å². The second-order valence-electron chi connectivity index (χ2n) is 5.49. The molecule has 19 heavy (non-hydrogen) atoms. The van der Waals surface area contributed by atoms with E-state index < -0.39 is 11.4 Å². The predicted molar refractivity (Wildman–Crippen MR) is 77.4 cm³/mol. The van der Waals surface area contributed by atoms with Gasteiger partial charge in [0.2, 0.25) is 5.88 Å². The van der Waals surface area contributed by atoms with Crippen molar-refractivity contribution in [3.05, 3.63) is 18.1 Å². The van der Waals surface area contributed by atoms with E-state index >= 15 is 0 Å². The minimum absolute atomic E-state index is 0.168. The molecule has 5 nitrogen and oxygen atoms in total. The van der Waals surface area contributed by atoms with E-state index in [2.05, 4.69) is 14.7 Å². The molecule has 0 fully saturated rings. The van der Waals surface area contributed by atoms with Gasteiger partial charge >= 0.3 is 0 Å². The zero-order valence-electron chi connectivity index (χ0n) is 12.3. The van der Waals surface area contributed by atoms with Crippen LogP contribution >= 0.6 is 0 Å². The Morgan fingerprint density at radius 1 is 1.42 bits per heavy atom. The molecular weight excluding hydrogens is 262 g/mol. The van der Waals surface area contributed by atoms with Gasteiger partial charge in [0.05, 0.1) is 13.2 Å². The summed E-state index contributed by atoms with van der Waals surface area (Å²) >= 11 is -1.04. The van der Waals surface area contributed by atoms with E-state index in [9.17, 15) is 4.55 Å². The van der Waals surface area contributed by atoms with E-state index in [1.165, 1.54) is 6.33 Å². The molecule has 0 aliphatic rings. The van der Waals surface area contributed by atoms with Gasteiger partial charge in [-0.25, -0.2) is 9.97 Å². The van der Waals surface area contributed by atoms with Crippen molar-refractivity contribution in [2.75, 3.05) is 7.11 Å². The first-order valence-electron chi connectivity index (χ1n) is 6.36. The Balaban J connectivity index is 2.43. The van der Waals surface area contributed by atoms with E-state index in [0.717, 1.165) is 18.5 Å². The SMILES string of the molecule is COc1cc(CC[C@@H](C)N[S@@+]([O-])C(C)(C)C)ncn1. The molecule has 1 rings (SSSR count). The van der Waals surface area contributed by atoms with Gasteiger partial charge in [-0.15, -0.1) is 4.72 Å². The minimum atomic E-state index is -1.04. The highest BCUT2D eigenvalue weighted by molar-refractivity contribution is 7.90. The molecular formula is C13H23N3O2S. The van der Waals surface area contributed by atoms with Crippen LogP contribution in [0.3, 0.4) is 0 Å². The third-order valence-electron chi connectivity index (χ3n) is 2.61. The third kappa shape index (κ3) is 5.76. The third-order valence-corrected chi connectivity index (χ3v) is 4.33. The van der Waals surface area contributed by atoms with Crippen LogP contribution in [0.4, 0.5) is 0 Å². The van der Waals surface area contributed by atoms with Gasteiger partial charge in [0.25, 0.3) is 0 Å². The normalized spacial score (nSPS) is 15.1. The molecule has 0 radical (unpaired) electrons. The van der Waals surface area contributed by atoms with Crippen LogP contribution in [0, 0.1) is 0 Å². The lowest BCUT2D eigenvalue weighted by atomic mass is 10.1. The van der Waals surface area contributed by atoms with E-state index in [-0.39, 0.29) is 10.8 Å². The Bertz CT molecular complexity index is 396. The molecule has 2 atom stereocenters. The number of nitrogens with zero attached hydrogens (tertiary/aromatic N) is 2. The summed E-state index contributed by atoms with van der Waals surface area (Å²) in [6, 6.07) is 1.99. The number of hydrogen-bond acceptors (Lipinski definition) is 5. The topological polar surface area (TPSA) is 70.1 Å². The van der Waals surface area contributed by atoms with Gasteiger partial charge in [-0.1, -0.05) is 0 Å². The second-order valence-corrected chi connectivity index (χ2v) is 7.49. The zero-order chi connectivity index (χ0) is 14.5. The summed E-state index contributed by atoms with van der Waals surface area (Å²) in [7, 11) is 1.59. The summed E-state index contributed by atoms with van der Waals surface area (Å²) in [6.45, 7) is 7.90. The summed E-state index contributed by atoms with van der Waals surface area (Å²) in [4.78, 5) is 8.16. The maximum atomic E-state index is 11.9. The minimum Gasteiger partial charge on any atom is -0.598 e. The molecule has 1 N–H and O–H groups in total. The van der Waals surface area contributed by atoms with E-state index in [0.29, 0.717) is 5.88 Å². The molecule has 0 bridgehead atoms. The lowest BCUT2D eigenvalue weighted by Gasteiger charge is -2.26. The van der Waals surface area contributed by atoms with Crippen molar-refractivity contribution in [3.8, 4) is 5.88 Å². The molecule has 0 aliphatic heterocycles. The Morgan fingerprint density at radius 2 is 2.11 bits per heavy atom. The summed E-state index contributed by atoms with van der Waals surface area (Å²) in [5.41, 5.74) is 0.932. The maximum Gasteiger partial charge on any atom is 0.216 e. The molecule has 0 spiro atoms. The van der Waals surface area contributed by atoms with Crippen molar-refractivity contribution in [1.29, 1.82) is 0 Å². The Hall–Kier alpha value is -0.850. The first-order valence-corrected chi connectivity index (χ1v) is 7.51. The average Bonchev–Trinajstić information content (AvgIpc) is 2.35. The summed E-state index contributed by atoms with van der Waals surface area (Å²) in [5.74, 6) is 0.573. The molecule has 0 aliphatic carbocycles. The van der Waals surface area contributed by atoms with Crippen LogP contribution in [0.1, 0.15) is 39.8 Å². The quantitative estimate of drug-likeness (QED) is 0.808. The molecule has 1 heterocycles. The number of ether oxygens (including phenoxy) is 1. The number of nitrogens with one attached hydrogen (secondary N) is 1. The van der Waals surface area contributed by atoms with Gasteiger partial charge in [0.15, 0.2) is 0 Å². The molecule has 0 amide bonds. The van der Waals surface area contributed by atoms with E-state index in [1.54, 1.807) is 7.11 Å². The number of aryl methyl sites for hydroxylation is 1. The monoisotopic (exact) mass is 285 g/mol. The van der Waals surface area contributed by atoms with Crippen LogP contribution in [-0.4, -0.2) is 32.4 Å². The summed E-state index contributed by atoms with van der Waals surface area (Å²) < 4.78 is 19.9. The largest absolute Gasteiger partial charge is 0.598 e. The average molecular weight is 285 g/mol. The number of aromatic nitrogens is 2. The second kappa shape index (κ2) is 7.07. The van der Waals surface area contributed by atoms with Crippen LogP contribution in [0.15, 0.2) is 12.4 Å². The van der Waals surface area contributed by atoms with Crippen LogP contribution in [0.25, 0.3) is 0 Å². The zero-order valence-corrected chi connectivity index (χ0v) is 13.1. The van der Waals surface area contributed by atoms with Gasteiger partial charge in [0.1, 0.15) is 11.1 Å². The fourth-order valence-electron chi connectivity index (χ4n) is 1.41. The van der Waals surface area contributed by atoms with Gasteiger partial charge in [-0.2, -0.15) is 0 Å². The molecule has 0 aromatic carbocycles. The lowest BCUT2D eigenvalue weighted by molar-refractivity contribution is 0.395. The predicted octanol–water partition coefficient (Wildman–Crippen LogP) is 1.86. The molecule has 0 saturated heterocycles. The van der Waals surface area contributed by atoms with Crippen molar-refractivity contribution >= 4 is 11.4 Å². The Morgan fingerprint density at radius 3 is 2.68 bits per heavy atom. The van der Waals surface area contributed by atoms with E-state index in [1.807, 2.05) is 33.8 Å². The molecule has 1 aromatic rings. The highest BCUT2D eigenvalue weighted by atomic mass is 32.2. The number of hydrogen-bond donors (Lipinski definition) is 1. The van der Waals surface area contributed by atoms with Crippen molar-refractivity contribution in [2.45, 2.75) is 51.3 Å². The fourth-order valence-corrected chi connectivity index (χ4v) is 2.25. The van der Waals surface area contributed by atoms with Gasteiger partial charge < -0.3 is 9.29 Å². The van der Waals surface area contributed by atoms with Crippen LogP contribution in [-0.2, 0) is 17.8 Å². The molecule has 6 heteroatoms. The number of methoxy groups -OCH3 is 1. The molecule has 108 valence electrons. The van der Waals surface area contributed by atoms with Crippen molar-refractivity contribution in [3.63, 3.8) is 0 Å².